The van der Waals surface area contributed by atoms with Gasteiger partial charge in [-0.15, -0.1) is 0 Å². The fourth-order valence-corrected chi connectivity index (χ4v) is 2.47. The Morgan fingerprint density at radius 1 is 1.33 bits per heavy atom. The number of hydrogen-bond donors (Lipinski definition) is 2. The number of nitrogens with zero attached hydrogens (tertiary/aromatic N) is 3. The Labute approximate surface area is 123 Å². The summed E-state index contributed by atoms with van der Waals surface area (Å²) in [4.78, 5) is 3.99. The lowest BCUT2D eigenvalue weighted by Crippen LogP contribution is -2.53. The van der Waals surface area contributed by atoms with Crippen molar-refractivity contribution >= 4 is 0 Å². The normalized spacial score (nSPS) is 18.1. The van der Waals surface area contributed by atoms with Crippen LogP contribution in [0.15, 0.2) is 43.0 Å². The fraction of sp³-hybridized carbons (Fsp3) is 0.467. The number of aromatic nitrogens is 3. The van der Waals surface area contributed by atoms with Gasteiger partial charge in [0.15, 0.2) is 0 Å². The predicted octanol–water partition coefficient (Wildman–Crippen LogP) is 0.618. The molecule has 3 rings (SSSR count). The zero-order valence-corrected chi connectivity index (χ0v) is 11.9. The van der Waals surface area contributed by atoms with Crippen molar-refractivity contribution in [2.75, 3.05) is 26.4 Å². The lowest BCUT2D eigenvalue weighted by atomic mass is 9.86. The standard InChI is InChI=1S/C15H20N4O2/c20-8-15(9-21-10-15)7-17-14(6-19-12-16-11-18-19)13-4-2-1-3-5-13/h1-5,11-12,14,17,20H,6-10H2. The third kappa shape index (κ3) is 3.29. The van der Waals surface area contributed by atoms with Crippen LogP contribution >= 0.6 is 0 Å². The van der Waals surface area contributed by atoms with Gasteiger partial charge in [0.1, 0.15) is 12.7 Å². The second-order valence-electron chi connectivity index (χ2n) is 5.61. The molecule has 1 saturated heterocycles. The molecule has 21 heavy (non-hydrogen) atoms. The summed E-state index contributed by atoms with van der Waals surface area (Å²) < 4.78 is 7.06. The summed E-state index contributed by atoms with van der Waals surface area (Å²) in [7, 11) is 0. The minimum Gasteiger partial charge on any atom is -0.396 e. The van der Waals surface area contributed by atoms with E-state index in [-0.39, 0.29) is 18.1 Å². The van der Waals surface area contributed by atoms with Gasteiger partial charge in [-0.2, -0.15) is 5.10 Å². The number of benzene rings is 1. The van der Waals surface area contributed by atoms with Crippen molar-refractivity contribution in [3.8, 4) is 0 Å². The van der Waals surface area contributed by atoms with Gasteiger partial charge in [-0.05, 0) is 5.56 Å². The number of hydrogen-bond acceptors (Lipinski definition) is 5. The van der Waals surface area contributed by atoms with Crippen LogP contribution in [0.25, 0.3) is 0 Å². The van der Waals surface area contributed by atoms with Crippen LogP contribution in [-0.2, 0) is 11.3 Å². The Bertz CT molecular complexity index is 535. The first kappa shape index (κ1) is 14.2. The highest BCUT2D eigenvalue weighted by Crippen LogP contribution is 2.27. The van der Waals surface area contributed by atoms with Crippen molar-refractivity contribution in [1.29, 1.82) is 0 Å². The fourth-order valence-electron chi connectivity index (χ4n) is 2.47. The topological polar surface area (TPSA) is 72.2 Å². The minimum absolute atomic E-state index is 0.122. The smallest absolute Gasteiger partial charge is 0.137 e. The number of ether oxygens (including phenoxy) is 1. The molecule has 0 bridgehead atoms. The first-order valence-electron chi connectivity index (χ1n) is 7.11. The van der Waals surface area contributed by atoms with Gasteiger partial charge in [-0.3, -0.25) is 4.68 Å². The number of rotatable bonds is 7. The van der Waals surface area contributed by atoms with Gasteiger partial charge in [-0.1, -0.05) is 30.3 Å². The maximum Gasteiger partial charge on any atom is 0.137 e. The molecule has 0 saturated carbocycles. The predicted molar refractivity (Wildman–Crippen MR) is 77.5 cm³/mol. The van der Waals surface area contributed by atoms with Gasteiger partial charge in [0, 0.05) is 6.54 Å². The van der Waals surface area contributed by atoms with Crippen LogP contribution in [0.1, 0.15) is 11.6 Å². The van der Waals surface area contributed by atoms with Crippen LogP contribution < -0.4 is 5.32 Å². The van der Waals surface area contributed by atoms with E-state index in [0.29, 0.717) is 19.8 Å². The second-order valence-corrected chi connectivity index (χ2v) is 5.61. The number of aliphatic hydroxyl groups excluding tert-OH is 1. The van der Waals surface area contributed by atoms with Crippen molar-refractivity contribution in [3.63, 3.8) is 0 Å². The monoisotopic (exact) mass is 288 g/mol. The van der Waals surface area contributed by atoms with E-state index in [9.17, 15) is 5.11 Å². The van der Waals surface area contributed by atoms with E-state index < -0.39 is 0 Å². The molecule has 0 aliphatic carbocycles. The molecule has 0 radical (unpaired) electrons. The maximum absolute atomic E-state index is 9.53. The zero-order chi connectivity index (χ0) is 14.5. The molecule has 1 unspecified atom stereocenters. The number of aliphatic hydroxyl groups is 1. The average molecular weight is 288 g/mol. The highest BCUT2D eigenvalue weighted by Gasteiger charge is 2.38. The van der Waals surface area contributed by atoms with Crippen LogP contribution in [0.2, 0.25) is 0 Å². The van der Waals surface area contributed by atoms with Gasteiger partial charge in [-0.25, -0.2) is 4.98 Å². The van der Waals surface area contributed by atoms with Crippen LogP contribution in [-0.4, -0.2) is 46.2 Å². The van der Waals surface area contributed by atoms with Gasteiger partial charge >= 0.3 is 0 Å². The minimum atomic E-state index is -0.143. The maximum atomic E-state index is 9.53. The first-order valence-corrected chi connectivity index (χ1v) is 7.11. The van der Waals surface area contributed by atoms with Crippen LogP contribution in [0.5, 0.6) is 0 Å². The number of nitrogens with one attached hydrogen (secondary N) is 1. The zero-order valence-electron chi connectivity index (χ0n) is 11.9. The van der Waals surface area contributed by atoms with Gasteiger partial charge in [0.05, 0.1) is 37.8 Å². The summed E-state index contributed by atoms with van der Waals surface area (Å²) in [6.07, 6.45) is 3.25. The molecule has 0 spiro atoms. The largest absolute Gasteiger partial charge is 0.396 e. The molecule has 6 heteroatoms. The Morgan fingerprint density at radius 2 is 2.14 bits per heavy atom. The Balaban J connectivity index is 1.70. The van der Waals surface area contributed by atoms with Crippen LogP contribution in [0.3, 0.4) is 0 Å². The Morgan fingerprint density at radius 3 is 2.71 bits per heavy atom. The SMILES string of the molecule is OCC1(CNC(Cn2cncn2)c2ccccc2)COC1. The Kier molecular flexibility index (Phi) is 4.28. The third-order valence-electron chi connectivity index (χ3n) is 3.91. The van der Waals surface area contributed by atoms with Gasteiger partial charge in [0.2, 0.25) is 0 Å². The highest BCUT2D eigenvalue weighted by molar-refractivity contribution is 5.19. The molecule has 1 aromatic carbocycles. The van der Waals surface area contributed by atoms with Crippen molar-refractivity contribution in [1.82, 2.24) is 20.1 Å². The van der Waals surface area contributed by atoms with Crippen molar-refractivity contribution < 1.29 is 9.84 Å². The van der Waals surface area contributed by atoms with Crippen molar-refractivity contribution in [3.05, 3.63) is 48.5 Å². The van der Waals surface area contributed by atoms with Crippen LogP contribution in [0, 0.1) is 5.41 Å². The molecule has 0 amide bonds. The van der Waals surface area contributed by atoms with E-state index in [0.717, 1.165) is 6.54 Å². The van der Waals surface area contributed by atoms with Crippen LogP contribution in [0.4, 0.5) is 0 Å². The second kappa shape index (κ2) is 6.34. The molecule has 6 nitrogen and oxygen atoms in total. The molecule has 1 fully saturated rings. The molecule has 2 N–H and O–H groups in total. The summed E-state index contributed by atoms with van der Waals surface area (Å²) in [6, 6.07) is 10.4. The summed E-state index contributed by atoms with van der Waals surface area (Å²) in [5, 5.41) is 17.2. The molecule has 2 heterocycles. The molecular weight excluding hydrogens is 268 g/mol. The quantitative estimate of drug-likeness (QED) is 0.781. The molecule has 2 aromatic rings. The molecule has 1 aliphatic heterocycles. The van der Waals surface area contributed by atoms with Crippen molar-refractivity contribution in [2.45, 2.75) is 12.6 Å². The highest BCUT2D eigenvalue weighted by atomic mass is 16.5. The molecule has 1 aliphatic rings. The van der Waals surface area contributed by atoms with E-state index in [2.05, 4.69) is 27.5 Å². The molecule has 112 valence electrons. The summed E-state index contributed by atoms with van der Waals surface area (Å²) >= 11 is 0. The summed E-state index contributed by atoms with van der Waals surface area (Å²) in [5.74, 6) is 0. The van der Waals surface area contributed by atoms with Gasteiger partial charge in [0.25, 0.3) is 0 Å². The summed E-state index contributed by atoms with van der Waals surface area (Å²) in [6.45, 7) is 2.79. The average Bonchev–Trinajstić information content (AvgIpc) is 2.99. The van der Waals surface area contributed by atoms with E-state index in [1.54, 1.807) is 6.33 Å². The lowest BCUT2D eigenvalue weighted by molar-refractivity contribution is -0.135. The Hall–Kier alpha value is -1.76. The van der Waals surface area contributed by atoms with E-state index >= 15 is 0 Å². The van der Waals surface area contributed by atoms with Crippen molar-refractivity contribution in [2.24, 2.45) is 5.41 Å². The molecule has 1 atom stereocenters. The molecular formula is C15H20N4O2. The van der Waals surface area contributed by atoms with E-state index in [1.165, 1.54) is 11.9 Å². The van der Waals surface area contributed by atoms with Gasteiger partial charge < -0.3 is 15.2 Å². The third-order valence-corrected chi connectivity index (χ3v) is 3.91. The molecule has 1 aromatic heterocycles. The van der Waals surface area contributed by atoms with E-state index in [1.807, 2.05) is 22.9 Å². The summed E-state index contributed by atoms with van der Waals surface area (Å²) in [5.41, 5.74) is 1.05. The van der Waals surface area contributed by atoms with E-state index in [4.69, 9.17) is 4.74 Å². The lowest BCUT2D eigenvalue weighted by Gasteiger charge is -2.41. The first-order chi connectivity index (χ1) is 10.3.